The summed E-state index contributed by atoms with van der Waals surface area (Å²) in [5, 5.41) is 12.9. The zero-order valence-electron chi connectivity index (χ0n) is 11.1. The summed E-state index contributed by atoms with van der Waals surface area (Å²) in [5.41, 5.74) is 2.11. The lowest BCUT2D eigenvalue weighted by Crippen LogP contribution is -2.03. The molecule has 98 valence electrons. The first-order valence-corrected chi connectivity index (χ1v) is 6.28. The van der Waals surface area contributed by atoms with Gasteiger partial charge in [0, 0.05) is 23.9 Å². The summed E-state index contributed by atoms with van der Waals surface area (Å²) in [6.07, 6.45) is 3.75. The Hall–Kier alpha value is -2.15. The average molecular weight is 257 g/mol. The van der Waals surface area contributed by atoms with Crippen molar-refractivity contribution in [3.05, 3.63) is 42.0 Å². The molecule has 0 N–H and O–H groups in total. The largest absolute Gasteiger partial charge is 0.272 e. The highest BCUT2D eigenvalue weighted by atomic mass is 19.1. The number of hydrogen-bond acceptors (Lipinski definition) is 2. The van der Waals surface area contributed by atoms with Crippen molar-refractivity contribution in [3.63, 3.8) is 0 Å². The lowest BCUT2D eigenvalue weighted by molar-refractivity contribution is 0.483. The van der Waals surface area contributed by atoms with E-state index in [2.05, 4.69) is 18.9 Å². The van der Waals surface area contributed by atoms with Crippen molar-refractivity contribution in [1.29, 1.82) is 5.26 Å². The van der Waals surface area contributed by atoms with Gasteiger partial charge in [-0.25, -0.2) is 4.39 Å². The summed E-state index contributed by atoms with van der Waals surface area (Å²) < 4.78 is 15.6. The topological polar surface area (TPSA) is 41.6 Å². The molecule has 1 aromatic carbocycles. The number of rotatable bonds is 4. The molecule has 3 nitrogen and oxygen atoms in total. The Morgan fingerprint density at radius 1 is 1.37 bits per heavy atom. The van der Waals surface area contributed by atoms with Crippen LogP contribution in [0.2, 0.25) is 0 Å². The molecule has 0 saturated heterocycles. The first kappa shape index (κ1) is 13.3. The monoisotopic (exact) mass is 257 g/mol. The Bertz CT molecular complexity index is 608. The summed E-state index contributed by atoms with van der Waals surface area (Å²) in [6, 6.07) is 6.90. The third kappa shape index (κ3) is 3.19. The molecular formula is C15H16FN3. The first-order valence-electron chi connectivity index (χ1n) is 6.28. The molecule has 1 heterocycles. The Morgan fingerprint density at radius 3 is 2.79 bits per heavy atom. The summed E-state index contributed by atoms with van der Waals surface area (Å²) in [5.74, 6) is 0.179. The van der Waals surface area contributed by atoms with Gasteiger partial charge in [0.05, 0.1) is 18.7 Å². The molecule has 0 saturated carbocycles. The van der Waals surface area contributed by atoms with Gasteiger partial charge in [-0.05, 0) is 17.5 Å². The molecule has 0 atom stereocenters. The van der Waals surface area contributed by atoms with Gasteiger partial charge in [0.25, 0.3) is 0 Å². The molecule has 0 unspecified atom stereocenters. The zero-order valence-corrected chi connectivity index (χ0v) is 11.1. The summed E-state index contributed by atoms with van der Waals surface area (Å²) in [7, 11) is 0. The van der Waals surface area contributed by atoms with Crippen LogP contribution in [0.5, 0.6) is 0 Å². The van der Waals surface area contributed by atoms with Gasteiger partial charge in [0.1, 0.15) is 5.82 Å². The van der Waals surface area contributed by atoms with Crippen LogP contribution in [0.3, 0.4) is 0 Å². The molecule has 2 aromatic rings. The van der Waals surface area contributed by atoms with Crippen molar-refractivity contribution in [2.45, 2.75) is 26.8 Å². The highest BCUT2D eigenvalue weighted by Crippen LogP contribution is 2.22. The molecule has 2 rings (SSSR count). The molecular weight excluding hydrogens is 241 g/mol. The van der Waals surface area contributed by atoms with E-state index in [1.807, 2.05) is 23.0 Å². The maximum atomic E-state index is 13.8. The average Bonchev–Trinajstić information content (AvgIpc) is 2.79. The van der Waals surface area contributed by atoms with E-state index < -0.39 is 0 Å². The second kappa shape index (κ2) is 5.66. The molecule has 0 fully saturated rings. The van der Waals surface area contributed by atoms with Crippen LogP contribution in [-0.2, 0) is 13.0 Å². The predicted octanol–water partition coefficient (Wildman–Crippen LogP) is 3.41. The van der Waals surface area contributed by atoms with Gasteiger partial charge in [-0.1, -0.05) is 26.0 Å². The van der Waals surface area contributed by atoms with Gasteiger partial charge < -0.3 is 0 Å². The minimum atomic E-state index is -0.337. The van der Waals surface area contributed by atoms with Crippen LogP contribution in [0.4, 0.5) is 4.39 Å². The Labute approximate surface area is 112 Å². The van der Waals surface area contributed by atoms with Gasteiger partial charge in [-0.3, -0.25) is 4.68 Å². The third-order valence-corrected chi connectivity index (χ3v) is 2.84. The van der Waals surface area contributed by atoms with E-state index in [4.69, 9.17) is 5.26 Å². The van der Waals surface area contributed by atoms with E-state index in [9.17, 15) is 4.39 Å². The molecule has 0 bridgehead atoms. The molecule has 19 heavy (non-hydrogen) atoms. The number of halogens is 1. The standard InChI is InChI=1S/C15H16FN3/c1-11(2)9-19-10-14(8-18-19)13-4-3-12(5-6-17)15(16)7-13/h3-4,7-8,10-11H,5,9H2,1-2H3. The molecule has 0 radical (unpaired) electrons. The minimum absolute atomic E-state index is 0.0960. The summed E-state index contributed by atoms with van der Waals surface area (Å²) >= 11 is 0. The number of benzene rings is 1. The van der Waals surface area contributed by atoms with E-state index >= 15 is 0 Å². The highest BCUT2D eigenvalue weighted by Gasteiger charge is 2.07. The Kier molecular flexibility index (Phi) is 3.96. The number of hydrogen-bond donors (Lipinski definition) is 0. The van der Waals surface area contributed by atoms with E-state index in [1.54, 1.807) is 12.3 Å². The van der Waals surface area contributed by atoms with Crippen LogP contribution in [-0.4, -0.2) is 9.78 Å². The highest BCUT2D eigenvalue weighted by molar-refractivity contribution is 5.62. The molecule has 0 aliphatic heterocycles. The molecule has 0 spiro atoms. The predicted molar refractivity (Wildman–Crippen MR) is 71.8 cm³/mol. The molecule has 1 aromatic heterocycles. The fourth-order valence-corrected chi connectivity index (χ4v) is 1.94. The van der Waals surface area contributed by atoms with Crippen LogP contribution < -0.4 is 0 Å². The van der Waals surface area contributed by atoms with E-state index in [-0.39, 0.29) is 12.2 Å². The molecule has 4 heteroatoms. The minimum Gasteiger partial charge on any atom is -0.272 e. The van der Waals surface area contributed by atoms with Crippen molar-refractivity contribution < 1.29 is 4.39 Å². The fraction of sp³-hybridized carbons (Fsp3) is 0.333. The normalized spacial score (nSPS) is 10.7. The van der Waals surface area contributed by atoms with Crippen LogP contribution in [0, 0.1) is 23.1 Å². The maximum absolute atomic E-state index is 13.8. The molecule has 0 amide bonds. The smallest absolute Gasteiger partial charge is 0.128 e. The van der Waals surface area contributed by atoms with Gasteiger partial charge in [-0.2, -0.15) is 10.4 Å². The second-order valence-corrected chi connectivity index (χ2v) is 4.99. The van der Waals surface area contributed by atoms with Crippen molar-refractivity contribution in [2.24, 2.45) is 5.92 Å². The van der Waals surface area contributed by atoms with Gasteiger partial charge in [-0.15, -0.1) is 0 Å². The number of aromatic nitrogens is 2. The number of nitriles is 1. The number of nitrogens with zero attached hydrogens (tertiary/aromatic N) is 3. The molecule has 0 aliphatic carbocycles. The van der Waals surface area contributed by atoms with Crippen LogP contribution >= 0.6 is 0 Å². The summed E-state index contributed by atoms with van der Waals surface area (Å²) in [4.78, 5) is 0. The van der Waals surface area contributed by atoms with Gasteiger partial charge in [0.2, 0.25) is 0 Å². The Balaban J connectivity index is 2.25. The van der Waals surface area contributed by atoms with Crippen LogP contribution in [0.1, 0.15) is 19.4 Å². The van der Waals surface area contributed by atoms with Gasteiger partial charge in [0.15, 0.2) is 0 Å². The lowest BCUT2D eigenvalue weighted by atomic mass is 10.1. The summed E-state index contributed by atoms with van der Waals surface area (Å²) in [6.45, 7) is 5.09. The quantitative estimate of drug-likeness (QED) is 0.842. The first-order chi connectivity index (χ1) is 9.10. The Morgan fingerprint density at radius 2 is 2.16 bits per heavy atom. The third-order valence-electron chi connectivity index (χ3n) is 2.84. The van der Waals surface area contributed by atoms with E-state index in [1.165, 1.54) is 6.07 Å². The zero-order chi connectivity index (χ0) is 13.8. The van der Waals surface area contributed by atoms with Crippen LogP contribution in [0.25, 0.3) is 11.1 Å². The van der Waals surface area contributed by atoms with E-state index in [0.717, 1.165) is 17.7 Å². The van der Waals surface area contributed by atoms with E-state index in [0.29, 0.717) is 11.5 Å². The SMILES string of the molecule is CC(C)Cn1cc(-c2ccc(CC#N)c(F)c2)cn1. The fourth-order valence-electron chi connectivity index (χ4n) is 1.94. The maximum Gasteiger partial charge on any atom is 0.128 e. The lowest BCUT2D eigenvalue weighted by Gasteiger charge is -2.04. The van der Waals surface area contributed by atoms with Crippen molar-refractivity contribution >= 4 is 0 Å². The van der Waals surface area contributed by atoms with Crippen LogP contribution in [0.15, 0.2) is 30.6 Å². The van der Waals surface area contributed by atoms with Crippen molar-refractivity contribution in [2.75, 3.05) is 0 Å². The van der Waals surface area contributed by atoms with Crippen molar-refractivity contribution in [3.8, 4) is 17.2 Å². The molecule has 0 aliphatic rings. The van der Waals surface area contributed by atoms with Crippen molar-refractivity contribution in [1.82, 2.24) is 9.78 Å². The second-order valence-electron chi connectivity index (χ2n) is 4.99. The van der Waals surface area contributed by atoms with Gasteiger partial charge >= 0.3 is 0 Å².